The van der Waals surface area contributed by atoms with Gasteiger partial charge in [0.25, 0.3) is 4.83 Å². The Morgan fingerprint density at radius 2 is 1.92 bits per heavy atom. The molecular formula is C15H8F3NO4S. The van der Waals surface area contributed by atoms with Crippen LogP contribution in [0.1, 0.15) is 22.2 Å². The molecule has 0 fully saturated rings. The molecule has 2 aromatic heterocycles. The van der Waals surface area contributed by atoms with E-state index in [0.717, 1.165) is 21.8 Å². The number of Topliss-reactive ketones (excluding diaryl/α,β-unsaturated/α-hetero) is 1. The van der Waals surface area contributed by atoms with Crippen LogP contribution in [0.3, 0.4) is 0 Å². The van der Waals surface area contributed by atoms with Crippen LogP contribution in [0.4, 0.5) is 13.2 Å². The number of aromatic nitrogens is 1. The summed E-state index contributed by atoms with van der Waals surface area (Å²) < 4.78 is 51.8. The van der Waals surface area contributed by atoms with Crippen molar-refractivity contribution in [3.05, 3.63) is 28.6 Å². The van der Waals surface area contributed by atoms with Gasteiger partial charge in [-0.1, -0.05) is 11.3 Å². The Bertz CT molecular complexity index is 1030. The van der Waals surface area contributed by atoms with E-state index < -0.39 is 23.4 Å². The van der Waals surface area contributed by atoms with E-state index in [2.05, 4.69) is 0 Å². The third kappa shape index (κ3) is 2.01. The molecule has 3 heterocycles. The van der Waals surface area contributed by atoms with Crippen molar-refractivity contribution in [3.63, 3.8) is 0 Å². The highest BCUT2D eigenvalue weighted by Crippen LogP contribution is 2.42. The lowest BCUT2D eigenvalue weighted by atomic mass is 10.1. The first-order chi connectivity index (χ1) is 11.3. The highest BCUT2D eigenvalue weighted by molar-refractivity contribution is 7.19. The van der Waals surface area contributed by atoms with E-state index in [1.165, 1.54) is 19.1 Å². The van der Waals surface area contributed by atoms with Crippen LogP contribution in [0.2, 0.25) is 0 Å². The second-order valence-electron chi connectivity index (χ2n) is 5.24. The second kappa shape index (κ2) is 4.73. The number of fused-ring (bicyclic) bond motifs is 4. The van der Waals surface area contributed by atoms with Gasteiger partial charge in [-0.2, -0.15) is 17.6 Å². The maximum absolute atomic E-state index is 13.4. The summed E-state index contributed by atoms with van der Waals surface area (Å²) in [6.07, 6.45) is -4.62. The highest BCUT2D eigenvalue weighted by Gasteiger charge is 2.37. The largest absolute Gasteiger partial charge is 0.822 e. The SMILES string of the molecule is CC(=O)c1sc2cc(C(F)(F)F)c3cc4c(cc3[n+]2c1[O-])OCO4. The number of pyridine rings is 1. The van der Waals surface area contributed by atoms with Crippen LogP contribution in [0.25, 0.3) is 15.7 Å². The number of halogens is 3. The molecule has 0 spiro atoms. The van der Waals surface area contributed by atoms with Crippen molar-refractivity contribution in [2.24, 2.45) is 0 Å². The number of ether oxygens (including phenoxy) is 2. The van der Waals surface area contributed by atoms with Crippen LogP contribution in [0.15, 0.2) is 18.2 Å². The number of rotatable bonds is 1. The van der Waals surface area contributed by atoms with Gasteiger partial charge >= 0.3 is 6.18 Å². The molecule has 0 saturated heterocycles. The lowest BCUT2D eigenvalue weighted by Gasteiger charge is -2.10. The lowest BCUT2D eigenvalue weighted by Crippen LogP contribution is -2.27. The summed E-state index contributed by atoms with van der Waals surface area (Å²) in [7, 11) is 0. The molecule has 9 heteroatoms. The van der Waals surface area contributed by atoms with Crippen LogP contribution in [0.5, 0.6) is 17.4 Å². The summed E-state index contributed by atoms with van der Waals surface area (Å²) in [6.45, 7) is 1.10. The molecule has 24 heavy (non-hydrogen) atoms. The van der Waals surface area contributed by atoms with E-state index in [4.69, 9.17) is 9.47 Å². The molecular weight excluding hydrogens is 347 g/mol. The second-order valence-corrected chi connectivity index (χ2v) is 6.28. The number of benzene rings is 1. The highest BCUT2D eigenvalue weighted by atomic mass is 32.1. The number of alkyl halides is 3. The van der Waals surface area contributed by atoms with Crippen molar-refractivity contribution in [3.8, 4) is 17.4 Å². The molecule has 0 atom stereocenters. The number of carbonyl (C=O) groups excluding carboxylic acids is 1. The first-order valence-corrected chi connectivity index (χ1v) is 7.59. The van der Waals surface area contributed by atoms with E-state index in [1.807, 2.05) is 0 Å². The van der Waals surface area contributed by atoms with Gasteiger partial charge in [-0.05, 0) is 6.07 Å². The standard InChI is InChI=1S/C15H8F3NO4S/c1-6(20)13-14(21)19-9-4-11-10(22-5-23-11)2-7(9)8(15(16,17)18)3-12(19)24-13/h2-4H,5H2,1H3. The molecule has 1 aliphatic heterocycles. The minimum Gasteiger partial charge on any atom is -0.822 e. The molecule has 1 aliphatic rings. The Kier molecular flexibility index (Phi) is 2.96. The fourth-order valence-electron chi connectivity index (χ4n) is 2.71. The number of hydrogen-bond acceptors (Lipinski definition) is 5. The molecule has 0 radical (unpaired) electrons. The zero-order valence-electron chi connectivity index (χ0n) is 12.1. The molecule has 0 bridgehead atoms. The summed E-state index contributed by atoms with van der Waals surface area (Å²) in [5.74, 6) is -0.690. The van der Waals surface area contributed by atoms with Crippen molar-refractivity contribution in [2.45, 2.75) is 13.1 Å². The van der Waals surface area contributed by atoms with Crippen molar-refractivity contribution >= 4 is 32.9 Å². The van der Waals surface area contributed by atoms with Gasteiger partial charge in [-0.15, -0.1) is 0 Å². The summed E-state index contributed by atoms with van der Waals surface area (Å²) in [5, 5.41) is 12.3. The lowest BCUT2D eigenvalue weighted by molar-refractivity contribution is -0.559. The molecule has 0 N–H and O–H groups in total. The number of hydrogen-bond donors (Lipinski definition) is 0. The third-order valence-corrected chi connectivity index (χ3v) is 4.92. The predicted octanol–water partition coefficient (Wildman–Crippen LogP) is 2.66. The average molecular weight is 355 g/mol. The van der Waals surface area contributed by atoms with Gasteiger partial charge in [0.15, 0.2) is 23.2 Å². The number of carbonyl (C=O) groups is 1. The minimum absolute atomic E-state index is 0.0258. The molecule has 3 aromatic rings. The third-order valence-electron chi connectivity index (χ3n) is 3.74. The summed E-state index contributed by atoms with van der Waals surface area (Å²) >= 11 is 0.739. The average Bonchev–Trinajstić information content (AvgIpc) is 3.07. The number of nitrogens with zero attached hydrogens (tertiary/aromatic N) is 1. The summed E-state index contributed by atoms with van der Waals surface area (Å²) in [4.78, 5) is 11.5. The predicted molar refractivity (Wildman–Crippen MR) is 75.6 cm³/mol. The summed E-state index contributed by atoms with van der Waals surface area (Å²) in [6, 6.07) is 3.42. The fraction of sp³-hybridized carbons (Fsp3) is 0.200. The van der Waals surface area contributed by atoms with E-state index in [-0.39, 0.29) is 38.9 Å². The molecule has 0 unspecified atom stereocenters. The molecule has 124 valence electrons. The Morgan fingerprint density at radius 1 is 1.25 bits per heavy atom. The number of ketones is 1. The topological polar surface area (TPSA) is 62.7 Å². The van der Waals surface area contributed by atoms with Crippen molar-refractivity contribution in [1.29, 1.82) is 0 Å². The smallest absolute Gasteiger partial charge is 0.417 e. The first kappa shape index (κ1) is 15.0. The van der Waals surface area contributed by atoms with Crippen molar-refractivity contribution < 1.29 is 36.9 Å². The van der Waals surface area contributed by atoms with Gasteiger partial charge in [0.1, 0.15) is 4.88 Å². The van der Waals surface area contributed by atoms with Gasteiger partial charge in [0.05, 0.1) is 17.0 Å². The van der Waals surface area contributed by atoms with E-state index in [1.54, 1.807) is 0 Å². The molecule has 0 aliphatic carbocycles. The van der Waals surface area contributed by atoms with E-state index >= 15 is 0 Å². The normalized spacial score (nSPS) is 13.8. The Hall–Kier alpha value is -2.55. The zero-order chi connectivity index (χ0) is 17.2. The molecule has 4 rings (SSSR count). The quantitative estimate of drug-likeness (QED) is 0.497. The Morgan fingerprint density at radius 3 is 2.54 bits per heavy atom. The van der Waals surface area contributed by atoms with Gasteiger partial charge in [-0.3, -0.25) is 4.79 Å². The van der Waals surface area contributed by atoms with Crippen molar-refractivity contribution in [1.82, 2.24) is 0 Å². The van der Waals surface area contributed by atoms with E-state index in [0.29, 0.717) is 0 Å². The van der Waals surface area contributed by atoms with Gasteiger partial charge < -0.3 is 14.6 Å². The zero-order valence-corrected chi connectivity index (χ0v) is 12.9. The van der Waals surface area contributed by atoms with E-state index in [9.17, 15) is 23.1 Å². The van der Waals surface area contributed by atoms with Crippen LogP contribution < -0.4 is 19.0 Å². The molecule has 1 aromatic carbocycles. The maximum Gasteiger partial charge on any atom is 0.417 e. The summed E-state index contributed by atoms with van der Waals surface area (Å²) in [5.41, 5.74) is -0.870. The monoisotopic (exact) mass is 355 g/mol. The number of thiazole rings is 1. The van der Waals surface area contributed by atoms with Gasteiger partial charge in [-0.25, -0.2) is 0 Å². The van der Waals surface area contributed by atoms with Gasteiger partial charge in [0, 0.05) is 13.0 Å². The van der Waals surface area contributed by atoms with Crippen LogP contribution in [-0.4, -0.2) is 12.6 Å². The maximum atomic E-state index is 13.4. The minimum atomic E-state index is -4.62. The molecule has 5 nitrogen and oxygen atoms in total. The van der Waals surface area contributed by atoms with Gasteiger partial charge in [0.2, 0.25) is 12.3 Å². The first-order valence-electron chi connectivity index (χ1n) is 6.77. The fourth-order valence-corrected chi connectivity index (χ4v) is 3.69. The van der Waals surface area contributed by atoms with Crippen molar-refractivity contribution in [2.75, 3.05) is 6.79 Å². The van der Waals surface area contributed by atoms with Crippen LogP contribution in [0, 0.1) is 0 Å². The molecule has 0 saturated carbocycles. The van der Waals surface area contributed by atoms with Crippen LogP contribution >= 0.6 is 11.3 Å². The Labute approximate surface area is 136 Å². The van der Waals surface area contributed by atoms with Crippen LogP contribution in [-0.2, 0) is 6.18 Å². The molecule has 0 amide bonds. The Balaban J connectivity index is 2.21.